The van der Waals surface area contributed by atoms with E-state index in [9.17, 15) is 5.11 Å². The molecule has 0 aliphatic heterocycles. The zero-order chi connectivity index (χ0) is 14.6. The third-order valence-electron chi connectivity index (χ3n) is 3.32. The molecule has 0 aliphatic carbocycles. The first kappa shape index (κ1) is 14.8. The van der Waals surface area contributed by atoms with E-state index in [1.807, 2.05) is 25.2 Å². The van der Waals surface area contributed by atoms with Crippen molar-refractivity contribution in [1.29, 1.82) is 0 Å². The van der Waals surface area contributed by atoms with Crippen LogP contribution in [0, 0.1) is 0 Å². The monoisotopic (exact) mass is 273 g/mol. The molecule has 2 N–H and O–H groups in total. The first-order valence-electron chi connectivity index (χ1n) is 7.02. The van der Waals surface area contributed by atoms with Crippen LogP contribution in [0.5, 0.6) is 5.75 Å². The summed E-state index contributed by atoms with van der Waals surface area (Å²) in [5, 5.41) is 15.4. The van der Waals surface area contributed by atoms with Gasteiger partial charge in [-0.2, -0.15) is 0 Å². The van der Waals surface area contributed by atoms with Gasteiger partial charge in [-0.15, -0.1) is 0 Å². The molecule has 0 aromatic heterocycles. The van der Waals surface area contributed by atoms with Crippen molar-refractivity contribution in [3.05, 3.63) is 42.0 Å². The number of aliphatic hydroxyl groups is 1. The minimum absolute atomic E-state index is 0.512. The third-order valence-corrected chi connectivity index (χ3v) is 3.32. The van der Waals surface area contributed by atoms with Crippen molar-refractivity contribution in [3.8, 4) is 5.75 Å². The highest BCUT2D eigenvalue weighted by molar-refractivity contribution is 5.87. The molecule has 2 aromatic rings. The quantitative estimate of drug-likeness (QED) is 0.850. The number of fused-ring (bicyclic) bond motifs is 1. The molecule has 0 heterocycles. The molecule has 0 fully saturated rings. The smallest absolute Gasteiger partial charge is 0.124 e. The average molecular weight is 273 g/mol. The molecule has 0 saturated heterocycles. The number of hydrogen-bond acceptors (Lipinski definition) is 3. The van der Waals surface area contributed by atoms with Gasteiger partial charge in [0.25, 0.3) is 0 Å². The van der Waals surface area contributed by atoms with E-state index in [1.165, 1.54) is 16.3 Å². The summed E-state index contributed by atoms with van der Waals surface area (Å²) >= 11 is 0. The summed E-state index contributed by atoms with van der Waals surface area (Å²) in [6, 6.07) is 12.4. The van der Waals surface area contributed by atoms with Crippen LogP contribution in [0.2, 0.25) is 0 Å². The molecular formula is C17H23NO2. The van der Waals surface area contributed by atoms with Gasteiger partial charge in [-0.1, -0.05) is 30.3 Å². The topological polar surface area (TPSA) is 41.5 Å². The highest BCUT2D eigenvalue weighted by Crippen LogP contribution is 2.28. The fourth-order valence-corrected chi connectivity index (χ4v) is 2.22. The van der Waals surface area contributed by atoms with Gasteiger partial charge in [0.05, 0.1) is 12.2 Å². The van der Waals surface area contributed by atoms with Crippen LogP contribution in [0.25, 0.3) is 10.8 Å². The van der Waals surface area contributed by atoms with Crippen molar-refractivity contribution >= 4 is 10.8 Å². The molecule has 2 rings (SSSR count). The summed E-state index contributed by atoms with van der Waals surface area (Å²) in [6.45, 7) is 4.87. The summed E-state index contributed by atoms with van der Waals surface area (Å²) in [5.74, 6) is 0.891. The lowest BCUT2D eigenvalue weighted by atomic mass is 10.0. The van der Waals surface area contributed by atoms with Crippen LogP contribution < -0.4 is 10.1 Å². The van der Waals surface area contributed by atoms with Crippen LogP contribution in [0.3, 0.4) is 0 Å². The maximum atomic E-state index is 9.75. The molecule has 0 unspecified atom stereocenters. The number of rotatable bonds is 6. The molecule has 0 amide bonds. The Bertz CT molecular complexity index is 573. The van der Waals surface area contributed by atoms with E-state index >= 15 is 0 Å². The highest BCUT2D eigenvalue weighted by atomic mass is 16.5. The second kappa shape index (κ2) is 6.25. The number of hydrogen-bond donors (Lipinski definition) is 2. The van der Waals surface area contributed by atoms with Crippen molar-refractivity contribution in [1.82, 2.24) is 5.32 Å². The van der Waals surface area contributed by atoms with Crippen LogP contribution in [0.4, 0.5) is 0 Å². The van der Waals surface area contributed by atoms with Crippen LogP contribution >= 0.6 is 0 Å². The minimum Gasteiger partial charge on any atom is -0.493 e. The Morgan fingerprint density at radius 2 is 1.90 bits per heavy atom. The maximum absolute atomic E-state index is 9.75. The Morgan fingerprint density at radius 3 is 2.60 bits per heavy atom. The Balaban J connectivity index is 2.25. The van der Waals surface area contributed by atoms with Gasteiger partial charge in [-0.25, -0.2) is 0 Å². The zero-order valence-electron chi connectivity index (χ0n) is 12.4. The van der Waals surface area contributed by atoms with Crippen molar-refractivity contribution < 1.29 is 9.84 Å². The Morgan fingerprint density at radius 1 is 1.15 bits per heavy atom. The molecule has 2 aromatic carbocycles. The van der Waals surface area contributed by atoms with E-state index in [-0.39, 0.29) is 0 Å². The fourth-order valence-electron chi connectivity index (χ4n) is 2.22. The van der Waals surface area contributed by atoms with Crippen LogP contribution in [-0.4, -0.2) is 24.4 Å². The molecule has 0 radical (unpaired) electrons. The van der Waals surface area contributed by atoms with Gasteiger partial charge in [-0.3, -0.25) is 0 Å². The lowest BCUT2D eigenvalue weighted by Gasteiger charge is -2.19. The molecule has 0 spiro atoms. The number of benzene rings is 2. The van der Waals surface area contributed by atoms with E-state index in [0.29, 0.717) is 13.0 Å². The lowest BCUT2D eigenvalue weighted by molar-refractivity contribution is 0.0552. The molecule has 0 bridgehead atoms. The van der Waals surface area contributed by atoms with Crippen molar-refractivity contribution in [2.75, 3.05) is 13.7 Å². The Hall–Kier alpha value is -1.58. The van der Waals surface area contributed by atoms with Gasteiger partial charge in [0.2, 0.25) is 0 Å². The predicted octanol–water partition coefficient (Wildman–Crippen LogP) is 3.10. The van der Waals surface area contributed by atoms with Crippen LogP contribution in [0.1, 0.15) is 25.8 Å². The largest absolute Gasteiger partial charge is 0.493 e. The fraction of sp³-hybridized carbons (Fsp3) is 0.412. The van der Waals surface area contributed by atoms with Gasteiger partial charge in [-0.05, 0) is 37.7 Å². The van der Waals surface area contributed by atoms with Gasteiger partial charge < -0.3 is 15.2 Å². The normalized spacial score (nSPS) is 11.8. The maximum Gasteiger partial charge on any atom is 0.124 e. The van der Waals surface area contributed by atoms with Gasteiger partial charge >= 0.3 is 0 Å². The van der Waals surface area contributed by atoms with Gasteiger partial charge in [0, 0.05) is 18.5 Å². The van der Waals surface area contributed by atoms with E-state index in [0.717, 1.165) is 12.3 Å². The lowest BCUT2D eigenvalue weighted by Crippen LogP contribution is -2.22. The SMILES string of the molecule is CNCc1c(OCCC(C)(C)O)ccc2ccccc12. The van der Waals surface area contributed by atoms with Gasteiger partial charge in [0.1, 0.15) is 5.75 Å². The summed E-state index contributed by atoms with van der Waals surface area (Å²) in [7, 11) is 1.93. The van der Waals surface area contributed by atoms with E-state index in [4.69, 9.17) is 4.74 Å². The Kier molecular flexibility index (Phi) is 4.63. The highest BCUT2D eigenvalue weighted by Gasteiger charge is 2.13. The van der Waals surface area contributed by atoms with Crippen molar-refractivity contribution in [2.45, 2.75) is 32.4 Å². The predicted molar refractivity (Wildman–Crippen MR) is 83.1 cm³/mol. The second-order valence-electron chi connectivity index (χ2n) is 5.70. The number of ether oxygens (including phenoxy) is 1. The van der Waals surface area contributed by atoms with E-state index in [1.54, 1.807) is 13.8 Å². The first-order chi connectivity index (χ1) is 9.51. The molecule has 108 valence electrons. The molecular weight excluding hydrogens is 250 g/mol. The van der Waals surface area contributed by atoms with E-state index < -0.39 is 5.60 Å². The molecule has 0 atom stereocenters. The summed E-state index contributed by atoms with van der Waals surface area (Å²) in [4.78, 5) is 0. The summed E-state index contributed by atoms with van der Waals surface area (Å²) in [6.07, 6.45) is 0.610. The standard InChI is InChI=1S/C17H23NO2/c1-17(2,19)10-11-20-16-9-8-13-6-4-5-7-14(13)15(16)12-18-3/h4-9,18-19H,10-12H2,1-3H3. The van der Waals surface area contributed by atoms with Gasteiger partial charge in [0.15, 0.2) is 0 Å². The van der Waals surface area contributed by atoms with Crippen LogP contribution in [-0.2, 0) is 6.54 Å². The Labute approximate surface area is 120 Å². The van der Waals surface area contributed by atoms with E-state index in [2.05, 4.69) is 23.5 Å². The molecule has 0 aliphatic rings. The zero-order valence-corrected chi connectivity index (χ0v) is 12.4. The molecule has 3 nitrogen and oxygen atoms in total. The second-order valence-corrected chi connectivity index (χ2v) is 5.70. The third kappa shape index (κ3) is 3.71. The molecule has 0 saturated carbocycles. The summed E-state index contributed by atoms with van der Waals surface area (Å²) in [5.41, 5.74) is 0.473. The average Bonchev–Trinajstić information content (AvgIpc) is 2.40. The molecule has 20 heavy (non-hydrogen) atoms. The first-order valence-corrected chi connectivity index (χ1v) is 7.02. The minimum atomic E-state index is -0.694. The van der Waals surface area contributed by atoms with Crippen molar-refractivity contribution in [2.24, 2.45) is 0 Å². The molecule has 3 heteroatoms. The van der Waals surface area contributed by atoms with Crippen molar-refractivity contribution in [3.63, 3.8) is 0 Å². The van der Waals surface area contributed by atoms with Crippen LogP contribution in [0.15, 0.2) is 36.4 Å². The summed E-state index contributed by atoms with van der Waals surface area (Å²) < 4.78 is 5.87. The number of nitrogens with one attached hydrogen (secondary N) is 1.